The first-order valence-corrected chi connectivity index (χ1v) is 6.52. The summed E-state index contributed by atoms with van der Waals surface area (Å²) in [6, 6.07) is 4.61. The first-order valence-electron chi connectivity index (χ1n) is 6.52. The Morgan fingerprint density at radius 3 is 3.10 bits per heavy atom. The third-order valence-corrected chi connectivity index (χ3v) is 3.30. The smallest absolute Gasteiger partial charge is 0.275 e. The van der Waals surface area contributed by atoms with Crippen LogP contribution in [0.15, 0.2) is 24.4 Å². The van der Waals surface area contributed by atoms with Crippen molar-refractivity contribution < 1.29 is 9.18 Å². The van der Waals surface area contributed by atoms with E-state index >= 15 is 0 Å². The van der Waals surface area contributed by atoms with E-state index in [0.29, 0.717) is 22.9 Å². The molecule has 1 aromatic heterocycles. The van der Waals surface area contributed by atoms with Gasteiger partial charge in [0.2, 0.25) is 5.95 Å². The zero-order chi connectivity index (χ0) is 14.1. The van der Waals surface area contributed by atoms with E-state index in [4.69, 9.17) is 0 Å². The summed E-state index contributed by atoms with van der Waals surface area (Å²) < 4.78 is 15.3. The van der Waals surface area contributed by atoms with Crippen LogP contribution in [-0.2, 0) is 6.54 Å². The molecule has 0 saturated carbocycles. The summed E-state index contributed by atoms with van der Waals surface area (Å²) in [4.78, 5) is 16.3. The van der Waals surface area contributed by atoms with Crippen molar-refractivity contribution in [2.24, 2.45) is 0 Å². The van der Waals surface area contributed by atoms with Crippen molar-refractivity contribution in [3.8, 4) is 0 Å². The zero-order valence-electron chi connectivity index (χ0n) is 11.1. The second-order valence-corrected chi connectivity index (χ2v) is 4.84. The summed E-state index contributed by atoms with van der Waals surface area (Å²) >= 11 is 0. The van der Waals surface area contributed by atoms with E-state index in [1.165, 1.54) is 6.07 Å². The van der Waals surface area contributed by atoms with E-state index in [1.807, 2.05) is 4.57 Å². The van der Waals surface area contributed by atoms with Crippen molar-refractivity contribution >= 4 is 17.5 Å². The number of carbonyl (C=O) groups excluding carboxylic acids is 1. The first-order chi connectivity index (χ1) is 9.63. The molecule has 2 heterocycles. The Kier molecular flexibility index (Phi) is 3.14. The van der Waals surface area contributed by atoms with Crippen molar-refractivity contribution in [1.29, 1.82) is 0 Å². The number of hydrogen-bond donors (Lipinski definition) is 2. The fourth-order valence-corrected chi connectivity index (χ4v) is 2.15. The lowest BCUT2D eigenvalue weighted by molar-refractivity contribution is 0.102. The average molecular weight is 274 g/mol. The Hall–Kier alpha value is -2.37. The van der Waals surface area contributed by atoms with Crippen molar-refractivity contribution in [2.75, 3.05) is 17.2 Å². The number of halogens is 1. The number of fused-ring (bicyclic) bond motifs is 1. The molecule has 1 aliphatic rings. The van der Waals surface area contributed by atoms with Gasteiger partial charge >= 0.3 is 0 Å². The number of amides is 1. The lowest BCUT2D eigenvalue weighted by Crippen LogP contribution is -2.16. The quantitative estimate of drug-likeness (QED) is 0.884. The molecule has 2 aromatic rings. The van der Waals surface area contributed by atoms with Gasteiger partial charge in [0, 0.05) is 25.0 Å². The number of anilines is 2. The molecule has 104 valence electrons. The number of carbonyl (C=O) groups is 1. The van der Waals surface area contributed by atoms with Gasteiger partial charge in [-0.05, 0) is 31.0 Å². The molecule has 5 nitrogen and oxygen atoms in total. The summed E-state index contributed by atoms with van der Waals surface area (Å²) in [5.41, 5.74) is 1.30. The number of nitrogens with zero attached hydrogens (tertiary/aromatic N) is 2. The standard InChI is InChI=1S/C14H15FN4O/c1-9-3-4-10(7-11(9)15)17-13(20)12-8-19-6-2-5-16-14(19)18-12/h3-4,7-8H,2,5-6H2,1H3,(H,16,18)(H,17,20). The van der Waals surface area contributed by atoms with Crippen molar-refractivity contribution in [1.82, 2.24) is 9.55 Å². The summed E-state index contributed by atoms with van der Waals surface area (Å²) in [5.74, 6) is 0.0297. The third kappa shape index (κ3) is 2.36. The molecule has 0 saturated heterocycles. The molecular weight excluding hydrogens is 259 g/mol. The van der Waals surface area contributed by atoms with Crippen LogP contribution in [0.1, 0.15) is 22.5 Å². The second kappa shape index (κ2) is 4.96. The van der Waals surface area contributed by atoms with Gasteiger partial charge in [-0.1, -0.05) is 6.07 Å². The van der Waals surface area contributed by atoms with Gasteiger partial charge in [0.05, 0.1) is 0 Å². The summed E-state index contributed by atoms with van der Waals surface area (Å²) in [7, 11) is 0. The Bertz CT molecular complexity index is 642. The maximum atomic E-state index is 13.4. The van der Waals surface area contributed by atoms with Crippen LogP contribution in [0.4, 0.5) is 16.0 Å². The minimum atomic E-state index is -0.339. The van der Waals surface area contributed by atoms with E-state index in [0.717, 1.165) is 19.5 Å². The van der Waals surface area contributed by atoms with Crippen LogP contribution in [-0.4, -0.2) is 22.0 Å². The fourth-order valence-electron chi connectivity index (χ4n) is 2.15. The minimum absolute atomic E-state index is 0.329. The molecule has 2 N–H and O–H groups in total. The number of aromatic nitrogens is 2. The molecule has 20 heavy (non-hydrogen) atoms. The number of aryl methyl sites for hydroxylation is 2. The van der Waals surface area contributed by atoms with Crippen LogP contribution in [0.2, 0.25) is 0 Å². The number of benzene rings is 1. The summed E-state index contributed by atoms with van der Waals surface area (Å²) in [6.07, 6.45) is 2.72. The third-order valence-electron chi connectivity index (χ3n) is 3.30. The van der Waals surface area contributed by atoms with E-state index < -0.39 is 0 Å². The highest BCUT2D eigenvalue weighted by atomic mass is 19.1. The highest BCUT2D eigenvalue weighted by Gasteiger charge is 2.16. The molecule has 0 radical (unpaired) electrons. The molecule has 1 aromatic carbocycles. The molecular formula is C14H15FN4O. The maximum absolute atomic E-state index is 13.4. The Labute approximate surface area is 115 Å². The highest BCUT2D eigenvalue weighted by Crippen LogP contribution is 2.17. The summed E-state index contributed by atoms with van der Waals surface area (Å²) in [6.45, 7) is 3.39. The maximum Gasteiger partial charge on any atom is 0.275 e. The van der Waals surface area contributed by atoms with E-state index in [1.54, 1.807) is 25.3 Å². The number of nitrogens with one attached hydrogen (secondary N) is 2. The fraction of sp³-hybridized carbons (Fsp3) is 0.286. The van der Waals surface area contributed by atoms with Crippen LogP contribution in [0.3, 0.4) is 0 Å². The average Bonchev–Trinajstić information content (AvgIpc) is 2.87. The Morgan fingerprint density at radius 2 is 2.35 bits per heavy atom. The highest BCUT2D eigenvalue weighted by molar-refractivity contribution is 6.03. The molecule has 0 atom stereocenters. The molecule has 1 aliphatic heterocycles. The molecule has 0 fully saturated rings. The van der Waals surface area contributed by atoms with Crippen molar-refractivity contribution in [2.45, 2.75) is 19.9 Å². The Morgan fingerprint density at radius 1 is 1.50 bits per heavy atom. The van der Waals surface area contributed by atoms with Crippen molar-refractivity contribution in [3.63, 3.8) is 0 Å². The van der Waals surface area contributed by atoms with Crippen LogP contribution in [0.25, 0.3) is 0 Å². The lowest BCUT2D eigenvalue weighted by Gasteiger charge is -2.14. The normalized spacial score (nSPS) is 13.5. The molecule has 3 rings (SSSR count). The van der Waals surface area contributed by atoms with Crippen LogP contribution in [0.5, 0.6) is 0 Å². The topological polar surface area (TPSA) is 59.0 Å². The molecule has 1 amide bonds. The lowest BCUT2D eigenvalue weighted by atomic mass is 10.2. The zero-order valence-corrected chi connectivity index (χ0v) is 11.1. The molecule has 0 spiro atoms. The number of imidazole rings is 1. The van der Waals surface area contributed by atoms with Gasteiger partial charge in [0.25, 0.3) is 5.91 Å². The van der Waals surface area contributed by atoms with Crippen LogP contribution < -0.4 is 10.6 Å². The van der Waals surface area contributed by atoms with Crippen molar-refractivity contribution in [3.05, 3.63) is 41.5 Å². The van der Waals surface area contributed by atoms with Gasteiger partial charge in [0.15, 0.2) is 0 Å². The monoisotopic (exact) mass is 274 g/mol. The molecule has 0 unspecified atom stereocenters. The largest absolute Gasteiger partial charge is 0.356 e. The van der Waals surface area contributed by atoms with Crippen LogP contribution in [0, 0.1) is 12.7 Å². The first kappa shape index (κ1) is 12.7. The predicted octanol–water partition coefficient (Wildman–Crippen LogP) is 2.40. The van der Waals surface area contributed by atoms with Gasteiger partial charge in [0.1, 0.15) is 11.5 Å². The van der Waals surface area contributed by atoms with E-state index in [-0.39, 0.29) is 11.7 Å². The van der Waals surface area contributed by atoms with E-state index in [2.05, 4.69) is 15.6 Å². The number of hydrogen-bond acceptors (Lipinski definition) is 3. The van der Waals surface area contributed by atoms with Gasteiger partial charge in [-0.3, -0.25) is 4.79 Å². The SMILES string of the molecule is Cc1ccc(NC(=O)c2cn3c(n2)NCCC3)cc1F. The Balaban J connectivity index is 1.78. The minimum Gasteiger partial charge on any atom is -0.356 e. The van der Waals surface area contributed by atoms with E-state index in [9.17, 15) is 9.18 Å². The van der Waals surface area contributed by atoms with Gasteiger partial charge < -0.3 is 15.2 Å². The van der Waals surface area contributed by atoms with Gasteiger partial charge in [-0.25, -0.2) is 9.37 Å². The molecule has 6 heteroatoms. The molecule has 0 aliphatic carbocycles. The second-order valence-electron chi connectivity index (χ2n) is 4.84. The van der Waals surface area contributed by atoms with Crippen LogP contribution >= 0.6 is 0 Å². The van der Waals surface area contributed by atoms with Gasteiger partial charge in [-0.15, -0.1) is 0 Å². The number of rotatable bonds is 2. The summed E-state index contributed by atoms with van der Waals surface area (Å²) in [5, 5.41) is 5.78. The molecule has 0 bridgehead atoms. The van der Waals surface area contributed by atoms with Gasteiger partial charge in [-0.2, -0.15) is 0 Å². The predicted molar refractivity (Wildman–Crippen MR) is 74.4 cm³/mol.